The summed E-state index contributed by atoms with van der Waals surface area (Å²) in [6, 6.07) is 21.5. The van der Waals surface area contributed by atoms with E-state index in [1.165, 1.54) is 27.8 Å². The number of benzene rings is 3. The number of ether oxygens (including phenoxy) is 1. The molecule has 144 valence electrons. The van der Waals surface area contributed by atoms with Crippen LogP contribution in [0.3, 0.4) is 0 Å². The van der Waals surface area contributed by atoms with E-state index in [1.54, 1.807) is 0 Å². The summed E-state index contributed by atoms with van der Waals surface area (Å²) in [5, 5.41) is 0. The van der Waals surface area contributed by atoms with Gasteiger partial charge in [-0.05, 0) is 61.1 Å². The maximum Gasteiger partial charge on any atom is 0.135 e. The van der Waals surface area contributed by atoms with Crippen molar-refractivity contribution in [3.05, 3.63) is 89.0 Å². The first kappa shape index (κ1) is 19.9. The first-order chi connectivity index (χ1) is 13.3. The first-order valence-electron chi connectivity index (χ1n) is 9.90. The Morgan fingerprint density at radius 2 is 1.39 bits per heavy atom. The first-order valence-corrected chi connectivity index (χ1v) is 9.90. The fourth-order valence-electron chi connectivity index (χ4n) is 3.41. The molecule has 3 aromatic carbocycles. The van der Waals surface area contributed by atoms with Crippen molar-refractivity contribution in [2.75, 3.05) is 0 Å². The molecular weight excluding hydrogens is 340 g/mol. The maximum absolute atomic E-state index is 6.30. The predicted molar refractivity (Wildman–Crippen MR) is 121 cm³/mol. The lowest BCUT2D eigenvalue weighted by Crippen LogP contribution is -2.10. The van der Waals surface area contributed by atoms with Crippen molar-refractivity contribution in [1.29, 1.82) is 0 Å². The van der Waals surface area contributed by atoms with E-state index in [1.807, 2.05) is 13.0 Å². The second-order valence-corrected chi connectivity index (χ2v) is 8.51. The van der Waals surface area contributed by atoms with Crippen LogP contribution in [0.5, 0.6) is 11.5 Å². The van der Waals surface area contributed by atoms with E-state index in [0.29, 0.717) is 0 Å². The molecule has 3 aromatic rings. The Labute approximate surface area is 169 Å². The molecule has 3 rings (SSSR count). The molecule has 0 aliphatic carbocycles. The van der Waals surface area contributed by atoms with Gasteiger partial charge >= 0.3 is 0 Å². The lowest BCUT2D eigenvalue weighted by atomic mass is 9.87. The lowest BCUT2D eigenvalue weighted by molar-refractivity contribution is 0.480. The average Bonchev–Trinajstić information content (AvgIpc) is 2.62. The van der Waals surface area contributed by atoms with E-state index in [4.69, 9.17) is 4.74 Å². The van der Waals surface area contributed by atoms with Gasteiger partial charge in [-0.1, -0.05) is 86.5 Å². The van der Waals surface area contributed by atoms with E-state index in [-0.39, 0.29) is 5.41 Å². The summed E-state index contributed by atoms with van der Waals surface area (Å²) in [6.45, 7) is 13.0. The Balaban J connectivity index is 1.98. The highest BCUT2D eigenvalue weighted by atomic mass is 16.5. The summed E-state index contributed by atoms with van der Waals surface area (Å²) in [7, 11) is 0. The number of rotatable bonds is 4. The zero-order valence-electron chi connectivity index (χ0n) is 17.8. The molecule has 0 radical (unpaired) electrons. The summed E-state index contributed by atoms with van der Waals surface area (Å²) in [6.07, 6.45) is 4.13. The highest BCUT2D eigenvalue weighted by Crippen LogP contribution is 2.33. The van der Waals surface area contributed by atoms with Crippen LogP contribution in [0.15, 0.2) is 66.7 Å². The quantitative estimate of drug-likeness (QED) is 0.451. The molecule has 0 amide bonds. The molecule has 0 heterocycles. The van der Waals surface area contributed by atoms with Crippen LogP contribution in [0.1, 0.15) is 49.9 Å². The average molecular weight is 371 g/mol. The van der Waals surface area contributed by atoms with Gasteiger partial charge in [-0.2, -0.15) is 0 Å². The molecule has 0 unspecified atom stereocenters. The standard InChI is InChI=1S/C27H30O/c1-7-8-21-9-10-22(23-16-19(2)15-20(3)17-23)18-26(21)28-25-13-11-24(12-14-25)27(4,5)6/h7-18H,1-6H3/b8-7+. The second-order valence-electron chi connectivity index (χ2n) is 8.51. The molecule has 0 saturated heterocycles. The third-order valence-corrected chi connectivity index (χ3v) is 4.86. The predicted octanol–water partition coefficient (Wildman–Crippen LogP) is 8.09. The molecule has 0 aromatic heterocycles. The normalized spacial score (nSPS) is 11.8. The molecule has 0 fully saturated rings. The van der Waals surface area contributed by atoms with Crippen molar-refractivity contribution in [1.82, 2.24) is 0 Å². The van der Waals surface area contributed by atoms with Crippen LogP contribution >= 0.6 is 0 Å². The molecule has 0 bridgehead atoms. The lowest BCUT2D eigenvalue weighted by Gasteiger charge is -2.19. The van der Waals surface area contributed by atoms with Gasteiger partial charge in [-0.25, -0.2) is 0 Å². The topological polar surface area (TPSA) is 9.23 Å². The summed E-state index contributed by atoms with van der Waals surface area (Å²) in [4.78, 5) is 0. The highest BCUT2D eigenvalue weighted by Gasteiger charge is 2.13. The molecule has 0 aliphatic rings. The van der Waals surface area contributed by atoms with Gasteiger partial charge < -0.3 is 4.74 Å². The van der Waals surface area contributed by atoms with Crippen molar-refractivity contribution in [3.8, 4) is 22.6 Å². The minimum absolute atomic E-state index is 0.136. The molecule has 0 N–H and O–H groups in total. The second kappa shape index (κ2) is 8.06. The van der Waals surface area contributed by atoms with Crippen LogP contribution in [-0.4, -0.2) is 0 Å². The fourth-order valence-corrected chi connectivity index (χ4v) is 3.41. The fraction of sp³-hybridized carbons (Fsp3) is 0.259. The third-order valence-electron chi connectivity index (χ3n) is 4.86. The monoisotopic (exact) mass is 370 g/mol. The van der Waals surface area contributed by atoms with E-state index < -0.39 is 0 Å². The summed E-state index contributed by atoms with van der Waals surface area (Å²) in [5.41, 5.74) is 7.45. The van der Waals surface area contributed by atoms with Gasteiger partial charge in [0.1, 0.15) is 11.5 Å². The molecule has 1 heteroatoms. The van der Waals surface area contributed by atoms with Crippen molar-refractivity contribution < 1.29 is 4.74 Å². The minimum atomic E-state index is 0.136. The third kappa shape index (κ3) is 4.72. The molecule has 0 aliphatic heterocycles. The van der Waals surface area contributed by atoms with Crippen LogP contribution in [-0.2, 0) is 5.41 Å². The van der Waals surface area contributed by atoms with Gasteiger partial charge in [0, 0.05) is 5.56 Å². The Morgan fingerprint density at radius 1 is 0.750 bits per heavy atom. The molecule has 0 atom stereocenters. The van der Waals surface area contributed by atoms with Crippen LogP contribution < -0.4 is 4.74 Å². The maximum atomic E-state index is 6.30. The van der Waals surface area contributed by atoms with Crippen LogP contribution in [0.4, 0.5) is 0 Å². The van der Waals surface area contributed by atoms with E-state index in [0.717, 1.165) is 17.1 Å². The zero-order valence-corrected chi connectivity index (χ0v) is 17.8. The smallest absolute Gasteiger partial charge is 0.135 e. The summed E-state index contributed by atoms with van der Waals surface area (Å²) in [5.74, 6) is 1.73. The van der Waals surface area contributed by atoms with E-state index >= 15 is 0 Å². The Hall–Kier alpha value is -2.80. The Bertz CT molecular complexity index is 966. The van der Waals surface area contributed by atoms with Crippen molar-refractivity contribution in [2.45, 2.75) is 47.0 Å². The van der Waals surface area contributed by atoms with Crippen molar-refractivity contribution >= 4 is 6.08 Å². The molecular formula is C27H30O. The van der Waals surface area contributed by atoms with Gasteiger partial charge in [-0.3, -0.25) is 0 Å². The van der Waals surface area contributed by atoms with Gasteiger partial charge in [-0.15, -0.1) is 0 Å². The van der Waals surface area contributed by atoms with Gasteiger partial charge in [0.25, 0.3) is 0 Å². The molecule has 0 saturated carbocycles. The van der Waals surface area contributed by atoms with E-state index in [2.05, 4.69) is 101 Å². The van der Waals surface area contributed by atoms with Gasteiger partial charge in [0.05, 0.1) is 0 Å². The van der Waals surface area contributed by atoms with Gasteiger partial charge in [0.2, 0.25) is 0 Å². The highest BCUT2D eigenvalue weighted by molar-refractivity contribution is 5.71. The van der Waals surface area contributed by atoms with Crippen LogP contribution in [0, 0.1) is 13.8 Å². The van der Waals surface area contributed by atoms with Crippen molar-refractivity contribution in [3.63, 3.8) is 0 Å². The number of hydrogen-bond acceptors (Lipinski definition) is 1. The minimum Gasteiger partial charge on any atom is -0.457 e. The van der Waals surface area contributed by atoms with E-state index in [9.17, 15) is 0 Å². The van der Waals surface area contributed by atoms with Crippen LogP contribution in [0.2, 0.25) is 0 Å². The van der Waals surface area contributed by atoms with Crippen LogP contribution in [0.25, 0.3) is 17.2 Å². The molecule has 28 heavy (non-hydrogen) atoms. The SMILES string of the molecule is C/C=C/c1ccc(-c2cc(C)cc(C)c2)cc1Oc1ccc(C(C)(C)C)cc1. The Kier molecular flexibility index (Phi) is 5.74. The zero-order chi connectivity index (χ0) is 20.3. The Morgan fingerprint density at radius 3 is 1.96 bits per heavy atom. The van der Waals surface area contributed by atoms with Crippen molar-refractivity contribution in [2.24, 2.45) is 0 Å². The summed E-state index contributed by atoms with van der Waals surface area (Å²) < 4.78 is 6.30. The molecule has 0 spiro atoms. The number of allylic oxidation sites excluding steroid dienone is 1. The summed E-state index contributed by atoms with van der Waals surface area (Å²) >= 11 is 0. The largest absolute Gasteiger partial charge is 0.457 e. The number of hydrogen-bond donors (Lipinski definition) is 0. The van der Waals surface area contributed by atoms with Gasteiger partial charge in [0.15, 0.2) is 0 Å². The molecule has 1 nitrogen and oxygen atoms in total. The number of aryl methyl sites for hydroxylation is 2.